The number of carbonyl (C=O) groups excluding carboxylic acids is 3. The van der Waals surface area contributed by atoms with E-state index in [4.69, 9.17) is 9.47 Å². The number of hydrogen-bond acceptors (Lipinski definition) is 6. The van der Waals surface area contributed by atoms with Gasteiger partial charge >= 0.3 is 5.97 Å². The molecule has 3 saturated heterocycles. The standard InChI is InChI=1S/C24H22N2O5/c1-14(27)30-12-11-24-10-9-23(2,31-24)19-20(24)22(29)26(21(19)28)18-8-7-15(13-25)16-5-3-4-6-17(16)18/h3-8,19-20H,9-12H2,1-2H3/t19-,20+,23?,24?/m1/s1. The molecule has 5 rings (SSSR count). The van der Waals surface area contributed by atoms with Gasteiger partial charge in [-0.2, -0.15) is 5.26 Å². The molecule has 7 nitrogen and oxygen atoms in total. The Kier molecular flexibility index (Phi) is 4.21. The van der Waals surface area contributed by atoms with Crippen molar-refractivity contribution >= 4 is 34.2 Å². The van der Waals surface area contributed by atoms with Gasteiger partial charge in [-0.05, 0) is 31.9 Å². The summed E-state index contributed by atoms with van der Waals surface area (Å²) in [5.41, 5.74) is -0.534. The van der Waals surface area contributed by atoms with Crippen molar-refractivity contribution in [1.82, 2.24) is 0 Å². The van der Waals surface area contributed by atoms with E-state index in [9.17, 15) is 19.6 Å². The first-order valence-corrected chi connectivity index (χ1v) is 10.4. The molecule has 2 amide bonds. The molecule has 3 heterocycles. The normalized spacial score (nSPS) is 31.2. The first kappa shape index (κ1) is 19.7. The quantitative estimate of drug-likeness (QED) is 0.559. The van der Waals surface area contributed by atoms with E-state index in [0.29, 0.717) is 41.3 Å². The Morgan fingerprint density at radius 3 is 2.58 bits per heavy atom. The Bertz CT molecular complexity index is 1180. The smallest absolute Gasteiger partial charge is 0.302 e. The van der Waals surface area contributed by atoms with Crippen molar-refractivity contribution in [2.75, 3.05) is 11.5 Å². The molecule has 158 valence electrons. The lowest BCUT2D eigenvalue weighted by Gasteiger charge is -2.30. The Morgan fingerprint density at radius 2 is 1.87 bits per heavy atom. The summed E-state index contributed by atoms with van der Waals surface area (Å²) in [7, 11) is 0. The van der Waals surface area contributed by atoms with Crippen molar-refractivity contribution in [3.63, 3.8) is 0 Å². The van der Waals surface area contributed by atoms with E-state index >= 15 is 0 Å². The van der Waals surface area contributed by atoms with Gasteiger partial charge in [0.15, 0.2) is 0 Å². The summed E-state index contributed by atoms with van der Waals surface area (Å²) in [6, 6.07) is 12.8. The van der Waals surface area contributed by atoms with Crippen molar-refractivity contribution in [2.45, 2.75) is 44.3 Å². The number of nitrogens with zero attached hydrogens (tertiary/aromatic N) is 2. The van der Waals surface area contributed by atoms with Crippen LogP contribution in [-0.4, -0.2) is 35.6 Å². The lowest BCUT2D eigenvalue weighted by atomic mass is 9.67. The summed E-state index contributed by atoms with van der Waals surface area (Å²) in [6.07, 6.45) is 1.70. The number of hydrogen-bond donors (Lipinski definition) is 0. The fourth-order valence-corrected chi connectivity index (χ4v) is 5.79. The van der Waals surface area contributed by atoms with Crippen LogP contribution in [-0.2, 0) is 23.9 Å². The molecule has 3 aliphatic rings. The number of carbonyl (C=O) groups is 3. The predicted octanol–water partition coefficient (Wildman–Crippen LogP) is 3.09. The predicted molar refractivity (Wildman–Crippen MR) is 111 cm³/mol. The number of imide groups is 1. The average molecular weight is 418 g/mol. The third-order valence-corrected chi connectivity index (χ3v) is 7.10. The first-order chi connectivity index (χ1) is 14.8. The number of esters is 1. The van der Waals surface area contributed by atoms with Gasteiger partial charge in [-0.3, -0.25) is 14.4 Å². The molecule has 4 atom stereocenters. The molecule has 2 aromatic carbocycles. The van der Waals surface area contributed by atoms with Crippen LogP contribution in [0.2, 0.25) is 0 Å². The zero-order valence-electron chi connectivity index (χ0n) is 17.4. The molecule has 0 saturated carbocycles. The molecule has 2 unspecified atom stereocenters. The summed E-state index contributed by atoms with van der Waals surface area (Å²) in [4.78, 5) is 39.8. The van der Waals surface area contributed by atoms with E-state index < -0.39 is 23.0 Å². The van der Waals surface area contributed by atoms with E-state index in [2.05, 4.69) is 6.07 Å². The number of benzene rings is 2. The van der Waals surface area contributed by atoms with Crippen LogP contribution in [0.3, 0.4) is 0 Å². The van der Waals surface area contributed by atoms with Crippen LogP contribution in [0.25, 0.3) is 10.8 Å². The second-order valence-electron chi connectivity index (χ2n) is 8.83. The summed E-state index contributed by atoms with van der Waals surface area (Å²) in [6.45, 7) is 3.39. The summed E-state index contributed by atoms with van der Waals surface area (Å²) < 4.78 is 11.5. The second-order valence-corrected chi connectivity index (χ2v) is 8.83. The highest BCUT2D eigenvalue weighted by Crippen LogP contribution is 2.62. The van der Waals surface area contributed by atoms with Gasteiger partial charge in [-0.25, -0.2) is 4.90 Å². The van der Waals surface area contributed by atoms with Gasteiger partial charge < -0.3 is 9.47 Å². The van der Waals surface area contributed by atoms with E-state index in [1.165, 1.54) is 11.8 Å². The molecular weight excluding hydrogens is 396 g/mol. The van der Waals surface area contributed by atoms with E-state index in [0.717, 1.165) is 0 Å². The van der Waals surface area contributed by atoms with Gasteiger partial charge in [-0.1, -0.05) is 24.3 Å². The minimum absolute atomic E-state index is 0.149. The molecule has 0 aromatic heterocycles. The van der Waals surface area contributed by atoms with Gasteiger partial charge in [0.1, 0.15) is 0 Å². The fourth-order valence-electron chi connectivity index (χ4n) is 5.79. The highest BCUT2D eigenvalue weighted by Gasteiger charge is 2.73. The van der Waals surface area contributed by atoms with Crippen LogP contribution in [0.1, 0.15) is 38.7 Å². The van der Waals surface area contributed by atoms with E-state index in [-0.39, 0.29) is 24.4 Å². The molecule has 3 aliphatic heterocycles. The maximum absolute atomic E-state index is 13.7. The molecule has 2 aromatic rings. The number of ether oxygens (including phenoxy) is 2. The second kappa shape index (κ2) is 6.63. The third-order valence-electron chi connectivity index (χ3n) is 7.10. The highest BCUT2D eigenvalue weighted by molar-refractivity contribution is 6.26. The van der Waals surface area contributed by atoms with Crippen molar-refractivity contribution < 1.29 is 23.9 Å². The van der Waals surface area contributed by atoms with Crippen molar-refractivity contribution in [2.24, 2.45) is 11.8 Å². The number of rotatable bonds is 4. The van der Waals surface area contributed by atoms with Crippen molar-refractivity contribution in [1.29, 1.82) is 5.26 Å². The number of fused-ring (bicyclic) bond motifs is 6. The summed E-state index contributed by atoms with van der Waals surface area (Å²) in [5, 5.41) is 10.8. The topological polar surface area (TPSA) is 96.7 Å². The fraction of sp³-hybridized carbons (Fsp3) is 0.417. The Hall–Kier alpha value is -3.24. The molecule has 3 fully saturated rings. The maximum Gasteiger partial charge on any atom is 0.302 e. The van der Waals surface area contributed by atoms with Crippen LogP contribution < -0.4 is 4.90 Å². The lowest BCUT2D eigenvalue weighted by molar-refractivity contribution is -0.144. The van der Waals surface area contributed by atoms with E-state index in [1.807, 2.05) is 31.2 Å². The highest BCUT2D eigenvalue weighted by atomic mass is 16.6. The van der Waals surface area contributed by atoms with Crippen molar-refractivity contribution in [3.8, 4) is 6.07 Å². The molecule has 7 heteroatoms. The minimum atomic E-state index is -0.807. The molecular formula is C24H22N2O5. The molecule has 0 radical (unpaired) electrons. The van der Waals surface area contributed by atoms with Gasteiger partial charge in [0.05, 0.1) is 47.0 Å². The van der Waals surface area contributed by atoms with Crippen LogP contribution in [0, 0.1) is 23.2 Å². The first-order valence-electron chi connectivity index (χ1n) is 10.4. The average Bonchev–Trinajstić information content (AvgIpc) is 3.32. The van der Waals surface area contributed by atoms with Crippen LogP contribution in [0.5, 0.6) is 0 Å². The summed E-state index contributed by atoms with van der Waals surface area (Å²) in [5.74, 6) is -2.10. The SMILES string of the molecule is CC(=O)OCCC12CCC(C)(O1)[C@H]1C(=O)N(c3ccc(C#N)c4ccccc34)C(=O)[C@H]12. The van der Waals surface area contributed by atoms with Gasteiger partial charge in [0, 0.05) is 24.1 Å². The zero-order chi connectivity index (χ0) is 22.0. The summed E-state index contributed by atoms with van der Waals surface area (Å²) >= 11 is 0. The van der Waals surface area contributed by atoms with Crippen molar-refractivity contribution in [3.05, 3.63) is 42.0 Å². The Balaban J connectivity index is 1.57. The Labute approximate surface area is 179 Å². The third kappa shape index (κ3) is 2.64. The van der Waals surface area contributed by atoms with E-state index in [1.54, 1.807) is 12.1 Å². The largest absolute Gasteiger partial charge is 0.466 e. The number of amides is 2. The lowest BCUT2D eigenvalue weighted by Crippen LogP contribution is -2.43. The molecule has 2 bridgehead atoms. The van der Waals surface area contributed by atoms with Gasteiger partial charge in [-0.15, -0.1) is 0 Å². The number of nitriles is 1. The maximum atomic E-state index is 13.7. The van der Waals surface area contributed by atoms with Crippen LogP contribution in [0.15, 0.2) is 36.4 Å². The monoisotopic (exact) mass is 418 g/mol. The minimum Gasteiger partial charge on any atom is -0.466 e. The van der Waals surface area contributed by atoms with Gasteiger partial charge in [0.2, 0.25) is 11.8 Å². The molecule has 0 N–H and O–H groups in total. The zero-order valence-corrected chi connectivity index (χ0v) is 17.4. The van der Waals surface area contributed by atoms with Gasteiger partial charge in [0.25, 0.3) is 0 Å². The molecule has 0 aliphatic carbocycles. The van der Waals surface area contributed by atoms with Crippen LogP contribution >= 0.6 is 0 Å². The van der Waals surface area contributed by atoms with Crippen LogP contribution in [0.4, 0.5) is 5.69 Å². The molecule has 0 spiro atoms. The molecule has 31 heavy (non-hydrogen) atoms. The number of anilines is 1. The Morgan fingerprint density at radius 1 is 1.16 bits per heavy atom.